The van der Waals surface area contributed by atoms with Gasteiger partial charge >= 0.3 is 0 Å². The van der Waals surface area contributed by atoms with Crippen LogP contribution in [0.3, 0.4) is 0 Å². The van der Waals surface area contributed by atoms with Crippen molar-refractivity contribution in [1.82, 2.24) is 15.5 Å². The molecule has 16 heavy (non-hydrogen) atoms. The Bertz CT molecular complexity index is 482. The quantitative estimate of drug-likeness (QED) is 0.809. The number of rotatable bonds is 3. The highest BCUT2D eigenvalue weighted by Gasteiger charge is 2.37. The maximum atomic E-state index is 11.4. The molecule has 1 aromatic rings. The summed E-state index contributed by atoms with van der Waals surface area (Å²) < 4.78 is 27.6. The van der Waals surface area contributed by atoms with Crippen molar-refractivity contribution in [2.24, 2.45) is 0 Å². The molecule has 0 amide bonds. The van der Waals surface area contributed by atoms with Gasteiger partial charge in [-0.05, 0) is 13.3 Å². The smallest absolute Gasteiger partial charge is 0.223 e. The van der Waals surface area contributed by atoms with Crippen LogP contribution in [-0.4, -0.2) is 35.6 Å². The van der Waals surface area contributed by atoms with Gasteiger partial charge in [0.15, 0.2) is 15.7 Å². The van der Waals surface area contributed by atoms with Crippen molar-refractivity contribution in [3.05, 3.63) is 11.7 Å². The second-order valence-corrected chi connectivity index (χ2v) is 6.67. The molecule has 1 unspecified atom stereocenters. The van der Waals surface area contributed by atoms with Crippen molar-refractivity contribution in [2.75, 3.05) is 11.5 Å². The van der Waals surface area contributed by atoms with E-state index < -0.39 is 9.84 Å². The van der Waals surface area contributed by atoms with Crippen molar-refractivity contribution < 1.29 is 12.9 Å². The molecule has 1 N–H and O–H groups in total. The summed E-state index contributed by atoms with van der Waals surface area (Å²) in [6.45, 7) is 4.06. The molecule has 0 bridgehead atoms. The molecule has 90 valence electrons. The third kappa shape index (κ3) is 2.59. The van der Waals surface area contributed by atoms with Crippen LogP contribution in [0.25, 0.3) is 0 Å². The zero-order valence-corrected chi connectivity index (χ0v) is 10.2. The Balaban J connectivity index is 1.96. The summed E-state index contributed by atoms with van der Waals surface area (Å²) in [4.78, 5) is 4.05. The minimum Gasteiger partial charge on any atom is -0.340 e. The van der Waals surface area contributed by atoms with Crippen LogP contribution in [0.15, 0.2) is 4.52 Å². The first kappa shape index (κ1) is 11.5. The number of hydrogen-bond acceptors (Lipinski definition) is 6. The second-order valence-electron chi connectivity index (χ2n) is 4.49. The van der Waals surface area contributed by atoms with Crippen LogP contribution in [0, 0.1) is 6.92 Å². The van der Waals surface area contributed by atoms with Gasteiger partial charge in [0.05, 0.1) is 18.1 Å². The first-order valence-electron chi connectivity index (χ1n) is 5.13. The molecule has 0 spiro atoms. The summed E-state index contributed by atoms with van der Waals surface area (Å²) >= 11 is 0. The molecular weight excluding hydrogens is 230 g/mol. The highest BCUT2D eigenvalue weighted by atomic mass is 32.2. The van der Waals surface area contributed by atoms with Gasteiger partial charge in [0, 0.05) is 12.5 Å². The molecule has 1 aliphatic heterocycles. The summed E-state index contributed by atoms with van der Waals surface area (Å²) in [7, 11) is -2.88. The Morgan fingerprint density at radius 1 is 1.56 bits per heavy atom. The van der Waals surface area contributed by atoms with Crippen LogP contribution in [0.5, 0.6) is 0 Å². The van der Waals surface area contributed by atoms with E-state index in [1.165, 1.54) is 0 Å². The number of sulfone groups is 1. The monoisotopic (exact) mass is 245 g/mol. The molecule has 1 atom stereocenters. The van der Waals surface area contributed by atoms with Gasteiger partial charge in [0.25, 0.3) is 0 Å². The lowest BCUT2D eigenvalue weighted by Gasteiger charge is -2.22. The van der Waals surface area contributed by atoms with Gasteiger partial charge in [0.2, 0.25) is 5.89 Å². The molecule has 7 heteroatoms. The van der Waals surface area contributed by atoms with Gasteiger partial charge in [-0.2, -0.15) is 4.98 Å². The molecule has 1 saturated heterocycles. The average Bonchev–Trinajstić information content (AvgIpc) is 2.69. The van der Waals surface area contributed by atoms with E-state index in [-0.39, 0.29) is 17.0 Å². The summed E-state index contributed by atoms with van der Waals surface area (Å²) in [5.41, 5.74) is -0.368. The molecule has 0 radical (unpaired) electrons. The molecule has 1 aliphatic rings. The van der Waals surface area contributed by atoms with E-state index in [0.29, 0.717) is 24.7 Å². The van der Waals surface area contributed by atoms with Crippen LogP contribution in [0.4, 0.5) is 0 Å². The summed E-state index contributed by atoms with van der Waals surface area (Å²) in [5, 5.41) is 6.93. The third-order valence-electron chi connectivity index (χ3n) is 2.75. The summed E-state index contributed by atoms with van der Waals surface area (Å²) in [6.07, 6.45) is 0.631. The van der Waals surface area contributed by atoms with Crippen molar-refractivity contribution in [1.29, 1.82) is 0 Å². The van der Waals surface area contributed by atoms with Crippen molar-refractivity contribution >= 4 is 9.84 Å². The first-order valence-corrected chi connectivity index (χ1v) is 6.95. The number of aryl methyl sites for hydroxylation is 1. The van der Waals surface area contributed by atoms with Crippen LogP contribution < -0.4 is 5.32 Å². The fraction of sp³-hybridized carbons (Fsp3) is 0.778. The highest BCUT2D eigenvalue weighted by molar-refractivity contribution is 7.91. The molecule has 0 aromatic carbocycles. The largest absolute Gasteiger partial charge is 0.340 e. The maximum Gasteiger partial charge on any atom is 0.223 e. The van der Waals surface area contributed by atoms with E-state index in [1.54, 1.807) is 6.92 Å². The molecule has 1 aromatic heterocycles. The lowest BCUT2D eigenvalue weighted by Crippen LogP contribution is -2.43. The van der Waals surface area contributed by atoms with Gasteiger partial charge in [-0.25, -0.2) is 8.42 Å². The Morgan fingerprint density at radius 2 is 2.31 bits per heavy atom. The fourth-order valence-electron chi connectivity index (χ4n) is 1.86. The van der Waals surface area contributed by atoms with Crippen molar-refractivity contribution in [3.8, 4) is 0 Å². The Morgan fingerprint density at radius 3 is 2.81 bits per heavy atom. The van der Waals surface area contributed by atoms with Crippen LogP contribution in [0.2, 0.25) is 0 Å². The molecule has 0 saturated carbocycles. The predicted octanol–water partition coefficient (Wildman–Crippen LogP) is 0.0448. The van der Waals surface area contributed by atoms with E-state index in [9.17, 15) is 8.42 Å². The molecule has 2 heterocycles. The van der Waals surface area contributed by atoms with Crippen molar-refractivity contribution in [2.45, 2.75) is 32.4 Å². The fourth-order valence-corrected chi connectivity index (χ4v) is 3.98. The van der Waals surface area contributed by atoms with Gasteiger partial charge in [-0.1, -0.05) is 5.16 Å². The molecule has 0 aliphatic carbocycles. The van der Waals surface area contributed by atoms with E-state index >= 15 is 0 Å². The van der Waals surface area contributed by atoms with Crippen LogP contribution in [-0.2, 0) is 16.4 Å². The maximum absolute atomic E-state index is 11.4. The van der Waals surface area contributed by atoms with Crippen LogP contribution in [0.1, 0.15) is 25.1 Å². The summed E-state index contributed by atoms with van der Waals surface area (Å²) in [5.74, 6) is 1.50. The highest BCUT2D eigenvalue weighted by Crippen LogP contribution is 2.22. The Labute approximate surface area is 94.3 Å². The van der Waals surface area contributed by atoms with E-state index in [0.717, 1.165) is 0 Å². The number of nitrogens with one attached hydrogen (secondary N) is 1. The SMILES string of the molecule is Cc1nc(CNC2(C)CCS(=O)(=O)C2)no1. The average molecular weight is 245 g/mol. The molecule has 6 nitrogen and oxygen atoms in total. The normalized spacial score (nSPS) is 28.4. The third-order valence-corrected chi connectivity index (χ3v) is 4.65. The van der Waals surface area contributed by atoms with E-state index in [1.807, 2.05) is 6.92 Å². The summed E-state index contributed by atoms with van der Waals surface area (Å²) in [6, 6.07) is 0. The molecule has 2 rings (SSSR count). The lowest BCUT2D eigenvalue weighted by atomic mass is 10.0. The number of aromatic nitrogens is 2. The Kier molecular flexibility index (Phi) is 2.75. The first-order chi connectivity index (χ1) is 7.39. The second kappa shape index (κ2) is 3.81. The van der Waals surface area contributed by atoms with E-state index in [4.69, 9.17) is 4.52 Å². The number of nitrogens with zero attached hydrogens (tertiary/aromatic N) is 2. The van der Waals surface area contributed by atoms with Crippen molar-refractivity contribution in [3.63, 3.8) is 0 Å². The van der Waals surface area contributed by atoms with Gasteiger partial charge in [-0.3, -0.25) is 0 Å². The zero-order valence-electron chi connectivity index (χ0n) is 9.36. The number of hydrogen-bond donors (Lipinski definition) is 1. The minimum atomic E-state index is -2.88. The molecule has 1 fully saturated rings. The van der Waals surface area contributed by atoms with E-state index in [2.05, 4.69) is 15.5 Å². The molecular formula is C9H15N3O3S. The zero-order chi connectivity index (χ0) is 11.8. The van der Waals surface area contributed by atoms with Gasteiger partial charge in [0.1, 0.15) is 0 Å². The Hall–Kier alpha value is -0.950. The predicted molar refractivity (Wildman–Crippen MR) is 57.6 cm³/mol. The lowest BCUT2D eigenvalue weighted by molar-refractivity contribution is 0.365. The van der Waals surface area contributed by atoms with Crippen LogP contribution >= 0.6 is 0 Å². The van der Waals surface area contributed by atoms with Gasteiger partial charge in [-0.15, -0.1) is 0 Å². The topological polar surface area (TPSA) is 85.1 Å². The van der Waals surface area contributed by atoms with Gasteiger partial charge < -0.3 is 9.84 Å². The standard InChI is InChI=1S/C9H15N3O3S/c1-7-11-8(12-15-7)5-10-9(2)3-4-16(13,14)6-9/h10H,3-6H2,1-2H3. The minimum absolute atomic E-state index is 0.177.